The Hall–Kier alpha value is -2.38. The number of rotatable bonds is 4. The van der Waals surface area contributed by atoms with Gasteiger partial charge in [-0.15, -0.1) is 11.3 Å². The fraction of sp³-hybridized carbons (Fsp3) is 0.455. The van der Waals surface area contributed by atoms with Crippen LogP contribution in [0.4, 0.5) is 0 Å². The van der Waals surface area contributed by atoms with Gasteiger partial charge in [0.05, 0.1) is 19.3 Å². The number of carbonyl (C=O) groups is 2. The zero-order valence-corrected chi connectivity index (χ0v) is 17.7. The predicted molar refractivity (Wildman–Crippen MR) is 111 cm³/mol. The zero-order valence-electron chi connectivity index (χ0n) is 16.9. The van der Waals surface area contributed by atoms with E-state index in [9.17, 15) is 9.59 Å². The van der Waals surface area contributed by atoms with Gasteiger partial charge in [0.1, 0.15) is 10.6 Å². The van der Waals surface area contributed by atoms with Crippen molar-refractivity contribution in [1.29, 1.82) is 0 Å². The van der Waals surface area contributed by atoms with Gasteiger partial charge in [0, 0.05) is 18.0 Å². The fourth-order valence-electron chi connectivity index (χ4n) is 4.01. The van der Waals surface area contributed by atoms with E-state index in [0.29, 0.717) is 18.0 Å². The Balaban J connectivity index is 1.43. The molecule has 1 saturated heterocycles. The van der Waals surface area contributed by atoms with Crippen molar-refractivity contribution < 1.29 is 23.8 Å². The molecule has 2 atom stereocenters. The van der Waals surface area contributed by atoms with Crippen molar-refractivity contribution in [3.8, 4) is 16.2 Å². The number of carbonyl (C=O) groups excluding carboxylic acids is 2. The molecule has 0 unspecified atom stereocenters. The average Bonchev–Trinajstić information content (AvgIpc) is 3.15. The van der Waals surface area contributed by atoms with Crippen molar-refractivity contribution in [3.05, 3.63) is 40.3 Å². The first-order valence-corrected chi connectivity index (χ1v) is 10.7. The van der Waals surface area contributed by atoms with Crippen molar-refractivity contribution >= 4 is 23.2 Å². The van der Waals surface area contributed by atoms with E-state index in [0.717, 1.165) is 34.6 Å². The second-order valence-corrected chi connectivity index (χ2v) is 8.67. The van der Waals surface area contributed by atoms with Gasteiger partial charge in [0.2, 0.25) is 0 Å². The standard InChI is InChI=1S/C22H25NO5S/c1-13-10-23(11-14(2)28-13)20(24)12-27-22(25)19-9-16-5-4-15-8-17(26-3)6-7-18(15)21(16)29-19/h6-9,13-14H,4-5,10-12H2,1-3H3/t13-,14+. The smallest absolute Gasteiger partial charge is 0.348 e. The number of hydrogen-bond donors (Lipinski definition) is 0. The molecule has 1 aromatic carbocycles. The molecule has 0 radical (unpaired) electrons. The summed E-state index contributed by atoms with van der Waals surface area (Å²) in [6, 6.07) is 7.94. The van der Waals surface area contributed by atoms with Crippen LogP contribution >= 0.6 is 11.3 Å². The summed E-state index contributed by atoms with van der Waals surface area (Å²) in [5.41, 5.74) is 3.52. The van der Waals surface area contributed by atoms with E-state index in [1.54, 1.807) is 12.0 Å². The number of hydrogen-bond acceptors (Lipinski definition) is 6. The molecule has 1 aliphatic carbocycles. The third-order valence-electron chi connectivity index (χ3n) is 5.33. The third-order valence-corrected chi connectivity index (χ3v) is 6.52. The number of methoxy groups -OCH3 is 1. The summed E-state index contributed by atoms with van der Waals surface area (Å²) in [5, 5.41) is 0. The van der Waals surface area contributed by atoms with Gasteiger partial charge in [0.25, 0.3) is 5.91 Å². The number of morpholine rings is 1. The molecule has 1 aromatic heterocycles. The van der Waals surface area contributed by atoms with Crippen LogP contribution in [0.1, 0.15) is 34.6 Å². The number of ether oxygens (including phenoxy) is 3. The van der Waals surface area contributed by atoms with E-state index in [1.165, 1.54) is 16.9 Å². The number of aryl methyl sites for hydroxylation is 2. The normalized spacial score (nSPS) is 20.6. The molecule has 0 bridgehead atoms. The summed E-state index contributed by atoms with van der Waals surface area (Å²) in [5.74, 6) is 0.218. The van der Waals surface area contributed by atoms with Crippen molar-refractivity contribution in [2.75, 3.05) is 26.8 Å². The Kier molecular flexibility index (Phi) is 5.61. The van der Waals surface area contributed by atoms with Gasteiger partial charge in [-0.3, -0.25) is 4.79 Å². The highest BCUT2D eigenvalue weighted by atomic mass is 32.1. The highest BCUT2D eigenvalue weighted by Gasteiger charge is 2.27. The van der Waals surface area contributed by atoms with Crippen LogP contribution in [0.15, 0.2) is 24.3 Å². The van der Waals surface area contributed by atoms with Crippen LogP contribution in [0.5, 0.6) is 5.75 Å². The first-order chi connectivity index (χ1) is 13.9. The molecule has 2 aliphatic rings. The van der Waals surface area contributed by atoms with Crippen molar-refractivity contribution in [3.63, 3.8) is 0 Å². The zero-order chi connectivity index (χ0) is 20.5. The Labute approximate surface area is 174 Å². The Morgan fingerprint density at radius 2 is 1.86 bits per heavy atom. The molecule has 1 fully saturated rings. The van der Waals surface area contributed by atoms with E-state index in [1.807, 2.05) is 32.0 Å². The van der Waals surface area contributed by atoms with Crippen LogP contribution in [0.3, 0.4) is 0 Å². The highest BCUT2D eigenvalue weighted by molar-refractivity contribution is 7.17. The van der Waals surface area contributed by atoms with Gasteiger partial charge < -0.3 is 19.1 Å². The molecule has 0 N–H and O–H groups in total. The minimum atomic E-state index is -0.442. The van der Waals surface area contributed by atoms with E-state index >= 15 is 0 Å². The molecule has 1 amide bonds. The number of esters is 1. The molecule has 0 spiro atoms. The maximum atomic E-state index is 12.6. The Morgan fingerprint density at radius 1 is 1.14 bits per heavy atom. The van der Waals surface area contributed by atoms with Crippen LogP contribution in [0.2, 0.25) is 0 Å². The summed E-state index contributed by atoms with van der Waals surface area (Å²) in [6.45, 7) is 4.67. The lowest BCUT2D eigenvalue weighted by atomic mass is 9.91. The van der Waals surface area contributed by atoms with Crippen molar-refractivity contribution in [2.45, 2.75) is 38.9 Å². The van der Waals surface area contributed by atoms with Crippen LogP contribution in [0, 0.1) is 0 Å². The monoisotopic (exact) mass is 415 g/mol. The van der Waals surface area contributed by atoms with Gasteiger partial charge >= 0.3 is 5.97 Å². The lowest BCUT2D eigenvalue weighted by Crippen LogP contribution is -2.49. The number of fused-ring (bicyclic) bond motifs is 3. The van der Waals surface area contributed by atoms with Crippen LogP contribution in [-0.2, 0) is 27.1 Å². The Morgan fingerprint density at radius 3 is 2.59 bits per heavy atom. The lowest BCUT2D eigenvalue weighted by molar-refractivity contribution is -0.146. The quantitative estimate of drug-likeness (QED) is 0.717. The summed E-state index contributed by atoms with van der Waals surface area (Å²) >= 11 is 1.43. The maximum absolute atomic E-state index is 12.6. The number of amides is 1. The highest BCUT2D eigenvalue weighted by Crippen LogP contribution is 2.41. The lowest BCUT2D eigenvalue weighted by Gasteiger charge is -2.35. The third kappa shape index (κ3) is 4.16. The molecule has 6 nitrogen and oxygen atoms in total. The minimum Gasteiger partial charge on any atom is -0.497 e. The van der Waals surface area contributed by atoms with Gasteiger partial charge in [-0.1, -0.05) is 0 Å². The van der Waals surface area contributed by atoms with Gasteiger partial charge in [-0.2, -0.15) is 0 Å². The van der Waals surface area contributed by atoms with Crippen LogP contribution < -0.4 is 4.74 Å². The van der Waals surface area contributed by atoms with E-state index in [2.05, 4.69) is 6.07 Å². The molecule has 7 heteroatoms. The summed E-state index contributed by atoms with van der Waals surface area (Å²) < 4.78 is 16.3. The van der Waals surface area contributed by atoms with E-state index < -0.39 is 5.97 Å². The molecule has 1 aliphatic heterocycles. The van der Waals surface area contributed by atoms with Crippen molar-refractivity contribution in [1.82, 2.24) is 4.90 Å². The first kappa shape index (κ1) is 19.9. The molecule has 0 saturated carbocycles. The molecular formula is C22H25NO5S. The molecule has 29 heavy (non-hydrogen) atoms. The second-order valence-electron chi connectivity index (χ2n) is 7.62. The molecule has 2 aromatic rings. The van der Waals surface area contributed by atoms with E-state index in [-0.39, 0.29) is 24.7 Å². The number of nitrogens with zero attached hydrogens (tertiary/aromatic N) is 1. The maximum Gasteiger partial charge on any atom is 0.348 e. The Bertz CT molecular complexity index is 927. The van der Waals surface area contributed by atoms with Gasteiger partial charge in [-0.05, 0) is 67.6 Å². The average molecular weight is 416 g/mol. The molecule has 4 rings (SSSR count). The molecule has 2 heterocycles. The second kappa shape index (κ2) is 8.16. The van der Waals surface area contributed by atoms with Gasteiger partial charge in [-0.25, -0.2) is 4.79 Å². The molecule has 154 valence electrons. The first-order valence-electron chi connectivity index (χ1n) is 9.85. The van der Waals surface area contributed by atoms with E-state index in [4.69, 9.17) is 14.2 Å². The largest absolute Gasteiger partial charge is 0.497 e. The summed E-state index contributed by atoms with van der Waals surface area (Å²) in [6.07, 6.45) is 1.76. The van der Waals surface area contributed by atoms with Gasteiger partial charge in [0.15, 0.2) is 6.61 Å². The van der Waals surface area contributed by atoms with Crippen molar-refractivity contribution in [2.24, 2.45) is 0 Å². The minimum absolute atomic E-state index is 0.0129. The number of thiophene rings is 1. The summed E-state index contributed by atoms with van der Waals surface area (Å²) in [4.78, 5) is 28.3. The molecular weight excluding hydrogens is 390 g/mol. The van der Waals surface area contributed by atoms with Crippen LogP contribution in [0.25, 0.3) is 10.4 Å². The topological polar surface area (TPSA) is 65.1 Å². The number of benzene rings is 1. The fourth-order valence-corrected chi connectivity index (χ4v) is 5.17. The predicted octanol–water partition coefficient (Wildman–Crippen LogP) is 3.31. The summed E-state index contributed by atoms with van der Waals surface area (Å²) in [7, 11) is 1.66. The van der Waals surface area contributed by atoms with Crippen LogP contribution in [-0.4, -0.2) is 55.8 Å². The SMILES string of the molecule is COc1ccc2c(c1)CCc1cc(C(=O)OCC(=O)N3C[C@@H](C)O[C@@H](C)C3)sc1-2.